The van der Waals surface area contributed by atoms with Gasteiger partial charge in [0.05, 0.1) is 11.9 Å². The Morgan fingerprint density at radius 3 is 2.36 bits per heavy atom. The summed E-state index contributed by atoms with van der Waals surface area (Å²) in [6.45, 7) is 1.17. The molecule has 1 saturated carbocycles. The lowest BCUT2D eigenvalue weighted by Crippen LogP contribution is -2.45. The summed E-state index contributed by atoms with van der Waals surface area (Å²) in [5.41, 5.74) is 0.750. The fraction of sp³-hybridized carbons (Fsp3) is 0.556. The van der Waals surface area contributed by atoms with Gasteiger partial charge in [0.25, 0.3) is 0 Å². The lowest BCUT2D eigenvalue weighted by Gasteiger charge is -2.33. The number of hydrogen-bond acceptors (Lipinski definition) is 4. The second-order valence-corrected chi connectivity index (χ2v) is 8.58. The topological polar surface area (TPSA) is 74.8 Å². The van der Waals surface area contributed by atoms with Crippen LogP contribution >= 0.6 is 0 Å². The molecule has 0 spiro atoms. The number of nitrogens with zero attached hydrogens (tertiary/aromatic N) is 2. The zero-order valence-corrected chi connectivity index (χ0v) is 15.9. The smallest absolute Gasteiger partial charge is 0.243 e. The molecule has 1 aliphatic rings. The van der Waals surface area contributed by atoms with Crippen LogP contribution in [0.15, 0.2) is 24.3 Å². The Morgan fingerprint density at radius 2 is 1.80 bits per heavy atom. The molecule has 2 rings (SSSR count). The van der Waals surface area contributed by atoms with Crippen molar-refractivity contribution in [2.24, 2.45) is 0 Å². The fourth-order valence-electron chi connectivity index (χ4n) is 3.19. The normalized spacial score (nSPS) is 15.6. The van der Waals surface area contributed by atoms with Gasteiger partial charge >= 0.3 is 0 Å². The number of carbonyl (C=O) groups excluding carboxylic acids is 2. The minimum absolute atomic E-state index is 0.152. The summed E-state index contributed by atoms with van der Waals surface area (Å²) in [5, 5.41) is 0. The van der Waals surface area contributed by atoms with E-state index in [2.05, 4.69) is 0 Å². The van der Waals surface area contributed by atoms with Gasteiger partial charge in [-0.3, -0.25) is 13.9 Å². The molecule has 1 aliphatic carbocycles. The van der Waals surface area contributed by atoms with Crippen molar-refractivity contribution in [3.63, 3.8) is 0 Å². The number of anilines is 1. The summed E-state index contributed by atoms with van der Waals surface area (Å²) < 4.78 is 25.5. The summed E-state index contributed by atoms with van der Waals surface area (Å²) in [6.07, 6.45) is 6.37. The molecule has 0 heterocycles. The molecular weight excluding hydrogens is 340 g/mol. The molecule has 138 valence electrons. The van der Waals surface area contributed by atoms with Crippen LogP contribution in [0.25, 0.3) is 0 Å². The molecule has 25 heavy (non-hydrogen) atoms. The van der Waals surface area contributed by atoms with E-state index in [1.54, 1.807) is 30.1 Å². The highest BCUT2D eigenvalue weighted by Gasteiger charge is 2.27. The highest BCUT2D eigenvalue weighted by molar-refractivity contribution is 7.92. The molecule has 7 heteroatoms. The maximum Gasteiger partial charge on any atom is 0.243 e. The van der Waals surface area contributed by atoms with Crippen LogP contribution in [0.2, 0.25) is 0 Å². The van der Waals surface area contributed by atoms with E-state index < -0.39 is 10.0 Å². The van der Waals surface area contributed by atoms with Crippen molar-refractivity contribution >= 4 is 27.4 Å². The van der Waals surface area contributed by atoms with Gasteiger partial charge in [0.2, 0.25) is 15.9 Å². The summed E-state index contributed by atoms with van der Waals surface area (Å²) in [6, 6.07) is 6.53. The van der Waals surface area contributed by atoms with Crippen molar-refractivity contribution in [3.8, 4) is 0 Å². The summed E-state index contributed by atoms with van der Waals surface area (Å²) in [5.74, 6) is -0.383. The van der Waals surface area contributed by atoms with E-state index in [1.807, 2.05) is 0 Å². The van der Waals surface area contributed by atoms with E-state index >= 15 is 0 Å². The van der Waals surface area contributed by atoms with E-state index in [1.165, 1.54) is 19.4 Å². The Balaban J connectivity index is 2.22. The largest absolute Gasteiger partial charge is 0.341 e. The van der Waals surface area contributed by atoms with Gasteiger partial charge in [0.1, 0.15) is 6.54 Å². The van der Waals surface area contributed by atoms with Gasteiger partial charge in [-0.15, -0.1) is 0 Å². The molecule has 1 amide bonds. The fourth-order valence-corrected chi connectivity index (χ4v) is 4.03. The Labute approximate surface area is 149 Å². The molecule has 1 fully saturated rings. The van der Waals surface area contributed by atoms with Crippen molar-refractivity contribution in [1.82, 2.24) is 4.90 Å². The first kappa shape index (κ1) is 19.4. The monoisotopic (exact) mass is 366 g/mol. The quantitative estimate of drug-likeness (QED) is 0.725. The zero-order chi connectivity index (χ0) is 18.6. The Kier molecular flexibility index (Phi) is 6.21. The van der Waals surface area contributed by atoms with Crippen LogP contribution in [0.3, 0.4) is 0 Å². The first-order valence-electron chi connectivity index (χ1n) is 8.54. The molecule has 1 aromatic rings. The molecular formula is C18H26N2O4S. The number of benzene rings is 1. The van der Waals surface area contributed by atoms with Crippen LogP contribution < -0.4 is 4.31 Å². The zero-order valence-electron chi connectivity index (χ0n) is 15.1. The SMILES string of the molecule is CC(=O)c1cccc(N(CC(=O)N(C)C2CCCCC2)S(C)(=O)=O)c1. The lowest BCUT2D eigenvalue weighted by molar-refractivity contribution is -0.130. The third kappa shape index (κ3) is 5.04. The number of carbonyl (C=O) groups is 2. The molecule has 1 aromatic carbocycles. The Morgan fingerprint density at radius 1 is 1.16 bits per heavy atom. The summed E-state index contributed by atoms with van der Waals surface area (Å²) in [7, 11) is -1.90. The molecule has 6 nitrogen and oxygen atoms in total. The lowest BCUT2D eigenvalue weighted by atomic mass is 9.94. The van der Waals surface area contributed by atoms with Gasteiger partial charge in [0, 0.05) is 18.7 Å². The van der Waals surface area contributed by atoms with Crippen molar-refractivity contribution in [2.75, 3.05) is 24.2 Å². The van der Waals surface area contributed by atoms with Crippen molar-refractivity contribution in [3.05, 3.63) is 29.8 Å². The predicted molar refractivity (Wildman–Crippen MR) is 98.3 cm³/mol. The Bertz CT molecular complexity index is 739. The van der Waals surface area contributed by atoms with E-state index in [0.29, 0.717) is 11.3 Å². The highest BCUT2D eigenvalue weighted by atomic mass is 32.2. The standard InChI is InChI=1S/C18H26N2O4S/c1-14(21)15-8-7-11-17(12-15)20(25(3,23)24)13-18(22)19(2)16-9-5-4-6-10-16/h7-8,11-12,16H,4-6,9-10,13H2,1-3H3. The predicted octanol–water partition coefficient (Wildman–Crippen LogP) is 2.45. The maximum absolute atomic E-state index is 12.6. The van der Waals surface area contributed by atoms with Crippen LogP contribution in [0.5, 0.6) is 0 Å². The average molecular weight is 366 g/mol. The van der Waals surface area contributed by atoms with Gasteiger partial charge in [-0.05, 0) is 31.9 Å². The molecule has 0 radical (unpaired) electrons. The number of amides is 1. The maximum atomic E-state index is 12.6. The number of ketones is 1. The van der Waals surface area contributed by atoms with E-state index in [4.69, 9.17) is 0 Å². The minimum atomic E-state index is -3.65. The average Bonchev–Trinajstić information content (AvgIpc) is 2.58. The van der Waals surface area contributed by atoms with E-state index in [9.17, 15) is 18.0 Å². The molecule has 0 bridgehead atoms. The highest BCUT2D eigenvalue weighted by Crippen LogP contribution is 2.23. The number of Topliss-reactive ketones (excluding diaryl/α,β-unsaturated/α-hetero) is 1. The first-order valence-corrected chi connectivity index (χ1v) is 10.4. The molecule has 0 aliphatic heterocycles. The molecule has 0 N–H and O–H groups in total. The van der Waals surface area contributed by atoms with Crippen LogP contribution in [-0.2, 0) is 14.8 Å². The van der Waals surface area contributed by atoms with Crippen molar-refractivity contribution < 1.29 is 18.0 Å². The molecule has 0 saturated heterocycles. The number of likely N-dealkylation sites (N-methyl/N-ethyl adjacent to an activating group) is 1. The second kappa shape index (κ2) is 7.99. The molecule has 0 atom stereocenters. The third-order valence-electron chi connectivity index (χ3n) is 4.74. The van der Waals surface area contributed by atoms with E-state index in [-0.39, 0.29) is 24.3 Å². The number of rotatable bonds is 6. The molecule has 0 aromatic heterocycles. The van der Waals surface area contributed by atoms with Crippen LogP contribution in [0, 0.1) is 0 Å². The third-order valence-corrected chi connectivity index (χ3v) is 5.88. The van der Waals surface area contributed by atoms with Crippen LogP contribution in [0.1, 0.15) is 49.4 Å². The second-order valence-electron chi connectivity index (χ2n) is 6.67. The summed E-state index contributed by atoms with van der Waals surface area (Å²) >= 11 is 0. The number of hydrogen-bond donors (Lipinski definition) is 0. The Hall–Kier alpha value is -1.89. The van der Waals surface area contributed by atoms with Crippen LogP contribution in [0.4, 0.5) is 5.69 Å². The first-order chi connectivity index (χ1) is 11.7. The van der Waals surface area contributed by atoms with Gasteiger partial charge in [-0.25, -0.2) is 8.42 Å². The van der Waals surface area contributed by atoms with Crippen molar-refractivity contribution in [1.29, 1.82) is 0 Å². The van der Waals surface area contributed by atoms with Crippen molar-refractivity contribution in [2.45, 2.75) is 45.1 Å². The van der Waals surface area contributed by atoms with Crippen LogP contribution in [-0.4, -0.2) is 50.9 Å². The molecule has 0 unspecified atom stereocenters. The van der Waals surface area contributed by atoms with Gasteiger partial charge in [-0.2, -0.15) is 0 Å². The minimum Gasteiger partial charge on any atom is -0.341 e. The van der Waals surface area contributed by atoms with E-state index in [0.717, 1.165) is 36.2 Å². The summed E-state index contributed by atoms with van der Waals surface area (Å²) in [4.78, 5) is 25.9. The van der Waals surface area contributed by atoms with Gasteiger partial charge in [0.15, 0.2) is 5.78 Å². The number of sulfonamides is 1. The van der Waals surface area contributed by atoms with Gasteiger partial charge in [-0.1, -0.05) is 31.4 Å². The van der Waals surface area contributed by atoms with Gasteiger partial charge < -0.3 is 4.90 Å².